The third-order valence-corrected chi connectivity index (χ3v) is 3.72. The van der Waals surface area contributed by atoms with Gasteiger partial charge in [0.15, 0.2) is 12.3 Å². The van der Waals surface area contributed by atoms with E-state index in [1.807, 2.05) is 0 Å². The van der Waals surface area contributed by atoms with Gasteiger partial charge in [0.05, 0.1) is 12.5 Å². The van der Waals surface area contributed by atoms with Gasteiger partial charge in [0.2, 0.25) is 0 Å². The topological polar surface area (TPSA) is 131 Å². The average molecular weight is 328 g/mol. The molecule has 9 nitrogen and oxygen atoms in total. The SMILES string of the molecule is CC(C)C(=O)O[C@@H]1[C@@H](CO)O[C@@H](n2ccc(=O)[nH]c2=O)[C@]1(C)O. The number of carbonyl (C=O) groups excluding carboxylic acids is 1. The molecule has 2 rings (SSSR count). The van der Waals surface area contributed by atoms with Gasteiger partial charge in [-0.2, -0.15) is 0 Å². The fourth-order valence-corrected chi connectivity index (χ4v) is 2.45. The number of esters is 1. The number of hydrogen-bond donors (Lipinski definition) is 3. The molecule has 3 N–H and O–H groups in total. The molecule has 0 spiro atoms. The van der Waals surface area contributed by atoms with Crippen LogP contribution in [-0.2, 0) is 14.3 Å². The van der Waals surface area contributed by atoms with Gasteiger partial charge in [0.1, 0.15) is 11.7 Å². The lowest BCUT2D eigenvalue weighted by Gasteiger charge is -2.30. The molecule has 1 aliphatic heterocycles. The first-order valence-electron chi connectivity index (χ1n) is 7.19. The molecular formula is C14H20N2O7. The lowest BCUT2D eigenvalue weighted by atomic mass is 9.96. The third-order valence-electron chi connectivity index (χ3n) is 3.72. The highest BCUT2D eigenvalue weighted by molar-refractivity contribution is 5.71. The molecule has 0 unspecified atom stereocenters. The molecule has 1 aromatic heterocycles. The largest absolute Gasteiger partial charge is 0.456 e. The number of nitrogens with one attached hydrogen (secondary N) is 1. The second-order valence-corrected chi connectivity index (χ2v) is 5.96. The van der Waals surface area contributed by atoms with E-state index in [0.717, 1.165) is 10.6 Å². The van der Waals surface area contributed by atoms with Crippen LogP contribution in [0, 0.1) is 5.92 Å². The van der Waals surface area contributed by atoms with E-state index < -0.39 is 53.8 Å². The highest BCUT2D eigenvalue weighted by Crippen LogP contribution is 2.39. The summed E-state index contributed by atoms with van der Waals surface area (Å²) in [4.78, 5) is 36.9. The molecule has 0 amide bonds. The second kappa shape index (κ2) is 6.26. The first-order valence-corrected chi connectivity index (χ1v) is 7.19. The first kappa shape index (κ1) is 17.4. The maximum absolute atomic E-state index is 11.9. The smallest absolute Gasteiger partial charge is 0.330 e. The van der Waals surface area contributed by atoms with Crippen LogP contribution in [-0.4, -0.2) is 50.1 Å². The Morgan fingerprint density at radius 2 is 2.17 bits per heavy atom. The van der Waals surface area contributed by atoms with Gasteiger partial charge in [0, 0.05) is 12.3 Å². The number of hydrogen-bond acceptors (Lipinski definition) is 7. The van der Waals surface area contributed by atoms with Crippen LogP contribution in [0.4, 0.5) is 0 Å². The Bertz CT molecular complexity index is 691. The minimum atomic E-state index is -1.78. The van der Waals surface area contributed by atoms with E-state index in [0.29, 0.717) is 0 Å². The Balaban J connectivity index is 2.38. The Morgan fingerprint density at radius 3 is 2.70 bits per heavy atom. The zero-order valence-corrected chi connectivity index (χ0v) is 13.1. The average Bonchev–Trinajstić information content (AvgIpc) is 2.70. The molecule has 2 heterocycles. The Morgan fingerprint density at radius 1 is 1.52 bits per heavy atom. The van der Waals surface area contributed by atoms with Crippen molar-refractivity contribution in [1.82, 2.24) is 9.55 Å². The monoisotopic (exact) mass is 328 g/mol. The van der Waals surface area contributed by atoms with Gasteiger partial charge >= 0.3 is 11.7 Å². The van der Waals surface area contributed by atoms with Crippen LogP contribution >= 0.6 is 0 Å². The second-order valence-electron chi connectivity index (χ2n) is 5.96. The maximum Gasteiger partial charge on any atom is 0.330 e. The molecule has 128 valence electrons. The summed E-state index contributed by atoms with van der Waals surface area (Å²) in [6.07, 6.45) is -2.22. The summed E-state index contributed by atoms with van der Waals surface area (Å²) in [5.41, 5.74) is -3.15. The molecule has 0 bridgehead atoms. The van der Waals surface area contributed by atoms with Crippen molar-refractivity contribution in [2.24, 2.45) is 5.92 Å². The van der Waals surface area contributed by atoms with Crippen molar-refractivity contribution >= 4 is 5.97 Å². The Kier molecular flexibility index (Phi) is 4.73. The molecule has 1 aromatic rings. The van der Waals surface area contributed by atoms with Crippen LogP contribution in [0.5, 0.6) is 0 Å². The predicted molar refractivity (Wildman–Crippen MR) is 77.7 cm³/mol. The lowest BCUT2D eigenvalue weighted by molar-refractivity contribution is -0.167. The van der Waals surface area contributed by atoms with Crippen LogP contribution in [0.2, 0.25) is 0 Å². The molecule has 0 saturated carbocycles. The van der Waals surface area contributed by atoms with Gasteiger partial charge in [-0.15, -0.1) is 0 Å². The minimum absolute atomic E-state index is 0.431. The Hall–Kier alpha value is -1.97. The van der Waals surface area contributed by atoms with Crippen molar-refractivity contribution in [2.45, 2.75) is 44.8 Å². The fraction of sp³-hybridized carbons (Fsp3) is 0.643. The van der Waals surface area contributed by atoms with Crippen LogP contribution in [0.15, 0.2) is 21.9 Å². The molecule has 4 atom stereocenters. The van der Waals surface area contributed by atoms with E-state index in [1.54, 1.807) is 13.8 Å². The third kappa shape index (κ3) is 3.21. The van der Waals surface area contributed by atoms with Crippen LogP contribution in [0.1, 0.15) is 27.0 Å². The summed E-state index contributed by atoms with van der Waals surface area (Å²) < 4.78 is 11.7. The van der Waals surface area contributed by atoms with Gasteiger partial charge in [-0.3, -0.25) is 19.1 Å². The molecule has 1 aliphatic rings. The van der Waals surface area contributed by atoms with E-state index in [1.165, 1.54) is 13.1 Å². The van der Waals surface area contributed by atoms with Crippen molar-refractivity contribution in [1.29, 1.82) is 0 Å². The molecule has 1 fully saturated rings. The number of rotatable bonds is 4. The highest BCUT2D eigenvalue weighted by atomic mass is 16.6. The van der Waals surface area contributed by atoms with E-state index in [9.17, 15) is 24.6 Å². The van der Waals surface area contributed by atoms with Crippen LogP contribution in [0.25, 0.3) is 0 Å². The van der Waals surface area contributed by atoms with Gasteiger partial charge in [0.25, 0.3) is 5.56 Å². The normalized spacial score (nSPS) is 30.6. The molecular weight excluding hydrogens is 308 g/mol. The molecule has 1 saturated heterocycles. The summed E-state index contributed by atoms with van der Waals surface area (Å²) in [6.45, 7) is 4.08. The predicted octanol–water partition coefficient (Wildman–Crippen LogP) is -1.25. The Labute approximate surface area is 131 Å². The fourth-order valence-electron chi connectivity index (χ4n) is 2.45. The number of aliphatic hydroxyl groups is 2. The number of carbonyl (C=O) groups is 1. The number of nitrogens with zero attached hydrogens (tertiary/aromatic N) is 1. The van der Waals surface area contributed by atoms with Crippen LogP contribution in [0.3, 0.4) is 0 Å². The zero-order valence-electron chi connectivity index (χ0n) is 13.1. The van der Waals surface area contributed by atoms with Gasteiger partial charge < -0.3 is 19.7 Å². The van der Waals surface area contributed by atoms with E-state index in [2.05, 4.69) is 4.98 Å². The summed E-state index contributed by atoms with van der Waals surface area (Å²) in [6, 6.07) is 1.10. The maximum atomic E-state index is 11.9. The van der Waals surface area contributed by atoms with Gasteiger partial charge in [-0.05, 0) is 6.92 Å². The van der Waals surface area contributed by atoms with Crippen molar-refractivity contribution in [2.75, 3.05) is 6.61 Å². The van der Waals surface area contributed by atoms with E-state index in [4.69, 9.17) is 9.47 Å². The number of aromatic amines is 1. The summed E-state index contributed by atoms with van der Waals surface area (Å²) in [7, 11) is 0. The molecule has 9 heteroatoms. The van der Waals surface area contributed by atoms with E-state index in [-0.39, 0.29) is 0 Å². The standard InChI is InChI=1S/C14H20N2O7/c1-7(2)11(19)23-10-8(6-17)22-12(14(10,3)21)16-5-4-9(18)15-13(16)20/h4-5,7-8,10,12,17,21H,6H2,1-3H3,(H,15,18,20)/t8-,10-,12-,14-/m1/s1. The molecule has 0 aliphatic carbocycles. The van der Waals surface area contributed by atoms with E-state index >= 15 is 0 Å². The molecule has 23 heavy (non-hydrogen) atoms. The highest BCUT2D eigenvalue weighted by Gasteiger charge is 2.56. The van der Waals surface area contributed by atoms with Gasteiger partial charge in [-0.1, -0.05) is 13.8 Å². The first-order chi connectivity index (χ1) is 10.7. The quantitative estimate of drug-likeness (QED) is 0.588. The number of H-pyrrole nitrogens is 1. The summed E-state index contributed by atoms with van der Waals surface area (Å²) >= 11 is 0. The van der Waals surface area contributed by atoms with Crippen molar-refractivity contribution in [3.8, 4) is 0 Å². The van der Waals surface area contributed by atoms with Crippen LogP contribution < -0.4 is 11.2 Å². The zero-order chi connectivity index (χ0) is 17.4. The lowest BCUT2D eigenvalue weighted by Crippen LogP contribution is -2.49. The summed E-state index contributed by atoms with van der Waals surface area (Å²) in [5, 5.41) is 20.2. The number of ether oxygens (including phenoxy) is 2. The van der Waals surface area contributed by atoms with Crippen molar-refractivity contribution in [3.63, 3.8) is 0 Å². The number of aliphatic hydroxyl groups excluding tert-OH is 1. The van der Waals surface area contributed by atoms with Crippen molar-refractivity contribution in [3.05, 3.63) is 33.1 Å². The number of aromatic nitrogens is 2. The van der Waals surface area contributed by atoms with Crippen molar-refractivity contribution < 1.29 is 24.5 Å². The molecule has 0 radical (unpaired) electrons. The minimum Gasteiger partial charge on any atom is -0.456 e. The molecule has 0 aromatic carbocycles. The summed E-state index contributed by atoms with van der Waals surface area (Å²) in [5.74, 6) is -0.994. The van der Waals surface area contributed by atoms with Gasteiger partial charge in [-0.25, -0.2) is 4.79 Å².